The van der Waals surface area contributed by atoms with Crippen molar-refractivity contribution in [2.75, 3.05) is 31.6 Å². The van der Waals surface area contributed by atoms with Gasteiger partial charge in [-0.05, 0) is 48.6 Å². The van der Waals surface area contributed by atoms with Gasteiger partial charge in [-0.25, -0.2) is 4.79 Å². The van der Waals surface area contributed by atoms with Crippen molar-refractivity contribution in [2.24, 2.45) is 16.9 Å². The first kappa shape index (κ1) is 27.4. The number of amides is 3. The van der Waals surface area contributed by atoms with Crippen molar-refractivity contribution >= 4 is 35.2 Å². The number of anilines is 1. The number of hydrogen-bond acceptors (Lipinski definition) is 6. The van der Waals surface area contributed by atoms with E-state index in [2.05, 4.69) is 5.32 Å². The van der Waals surface area contributed by atoms with Crippen molar-refractivity contribution in [1.29, 1.82) is 0 Å². The molecule has 1 saturated heterocycles. The molecule has 0 bridgehead atoms. The van der Waals surface area contributed by atoms with Crippen molar-refractivity contribution in [1.82, 2.24) is 4.90 Å². The fraction of sp³-hybridized carbons (Fsp3) is 0.423. The van der Waals surface area contributed by atoms with Crippen LogP contribution in [-0.2, 0) is 20.7 Å². The van der Waals surface area contributed by atoms with Gasteiger partial charge < -0.3 is 26.2 Å². The molecule has 1 aliphatic rings. The number of benzene rings is 2. The average molecular weight is 517 g/mol. The topological polar surface area (TPSA) is 148 Å². The van der Waals surface area contributed by atoms with Gasteiger partial charge >= 0.3 is 6.09 Å². The molecule has 2 aromatic rings. The first-order valence-electron chi connectivity index (χ1n) is 11.9. The maximum absolute atomic E-state index is 12.8. The summed E-state index contributed by atoms with van der Waals surface area (Å²) in [6, 6.07) is 14.3. The van der Waals surface area contributed by atoms with Crippen molar-refractivity contribution < 1.29 is 24.2 Å². The Morgan fingerprint density at radius 1 is 1.14 bits per heavy atom. The number of aryl methyl sites for hydroxylation is 1. The van der Waals surface area contributed by atoms with Crippen LogP contribution in [0.15, 0.2) is 48.5 Å². The van der Waals surface area contributed by atoms with E-state index >= 15 is 0 Å². The van der Waals surface area contributed by atoms with Crippen LogP contribution in [0.3, 0.4) is 0 Å². The molecule has 3 amide bonds. The third kappa shape index (κ3) is 6.34. The molecular formula is C26H33ClN4O5. The highest BCUT2D eigenvalue weighted by molar-refractivity contribution is 6.31. The van der Waals surface area contributed by atoms with Crippen molar-refractivity contribution in [3.63, 3.8) is 0 Å². The molecule has 0 aliphatic carbocycles. The van der Waals surface area contributed by atoms with Crippen LogP contribution in [0, 0.1) is 5.41 Å². The van der Waals surface area contributed by atoms with Crippen molar-refractivity contribution in [3.8, 4) is 0 Å². The lowest BCUT2D eigenvalue weighted by molar-refractivity contribution is -0.143. The van der Waals surface area contributed by atoms with Crippen molar-refractivity contribution in [2.45, 2.75) is 38.2 Å². The summed E-state index contributed by atoms with van der Waals surface area (Å²) in [5.41, 5.74) is 12.7. The largest absolute Gasteiger partial charge is 0.449 e. The maximum Gasteiger partial charge on any atom is 0.411 e. The van der Waals surface area contributed by atoms with E-state index in [-0.39, 0.29) is 26.2 Å². The van der Waals surface area contributed by atoms with Crippen LogP contribution in [0.1, 0.15) is 36.8 Å². The van der Waals surface area contributed by atoms with Crippen LogP contribution >= 0.6 is 11.6 Å². The second kappa shape index (κ2) is 12.2. The van der Waals surface area contributed by atoms with Crippen molar-refractivity contribution in [3.05, 3.63) is 64.7 Å². The van der Waals surface area contributed by atoms with E-state index in [1.807, 2.05) is 19.1 Å². The van der Waals surface area contributed by atoms with E-state index in [0.717, 1.165) is 12.0 Å². The van der Waals surface area contributed by atoms with Gasteiger partial charge in [0, 0.05) is 35.8 Å². The summed E-state index contributed by atoms with van der Waals surface area (Å²) in [6.45, 7) is 2.19. The lowest BCUT2D eigenvalue weighted by atomic mass is 9.66. The standard InChI is InChI=1S/C26H33ClN4O5/c1-2-17-7-9-18(10-8-17)30-25(35)36-16-26(11-13-31(14-12-26)24(34)21(32)15-28)22(23(29)33)19-5-3-4-6-20(19)27/h3-10,21-22,32H,2,11-16,28H2,1H3,(H2,29,33)(H,30,35). The molecule has 2 aromatic carbocycles. The molecule has 2 unspecified atom stereocenters. The van der Waals surface area contributed by atoms with Crippen LogP contribution < -0.4 is 16.8 Å². The third-order valence-corrected chi connectivity index (χ3v) is 7.14. The molecule has 36 heavy (non-hydrogen) atoms. The van der Waals surface area contributed by atoms with Gasteiger partial charge in [0.2, 0.25) is 5.91 Å². The highest BCUT2D eigenvalue weighted by Gasteiger charge is 2.48. The summed E-state index contributed by atoms with van der Waals surface area (Å²) in [5, 5.41) is 13.0. The summed E-state index contributed by atoms with van der Waals surface area (Å²) in [7, 11) is 0. The molecule has 1 heterocycles. The van der Waals surface area contributed by atoms with E-state index in [9.17, 15) is 19.5 Å². The summed E-state index contributed by atoms with van der Waals surface area (Å²) in [6.07, 6.45) is -0.487. The van der Waals surface area contributed by atoms with Gasteiger partial charge in [-0.1, -0.05) is 48.9 Å². The summed E-state index contributed by atoms with van der Waals surface area (Å²) in [5.74, 6) is -1.95. The number of nitrogens with zero attached hydrogens (tertiary/aromatic N) is 1. The minimum absolute atomic E-state index is 0.119. The quantitative estimate of drug-likeness (QED) is 0.402. The Hall–Kier alpha value is -3.14. The number of carbonyl (C=O) groups is 3. The van der Waals surface area contributed by atoms with Crippen LogP contribution in [0.25, 0.3) is 0 Å². The number of primary amides is 1. The molecule has 194 valence electrons. The predicted molar refractivity (Wildman–Crippen MR) is 137 cm³/mol. The first-order chi connectivity index (χ1) is 17.2. The Balaban J connectivity index is 1.83. The molecular weight excluding hydrogens is 484 g/mol. The van der Waals surface area contributed by atoms with Crippen LogP contribution in [0.5, 0.6) is 0 Å². The monoisotopic (exact) mass is 516 g/mol. The van der Waals surface area contributed by atoms with E-state index in [4.69, 9.17) is 27.8 Å². The number of hydrogen-bond donors (Lipinski definition) is 4. The van der Waals surface area contributed by atoms with E-state index in [1.54, 1.807) is 36.4 Å². The minimum atomic E-state index is -1.30. The lowest BCUT2D eigenvalue weighted by Gasteiger charge is -2.45. The summed E-state index contributed by atoms with van der Waals surface area (Å²) in [4.78, 5) is 39.4. The normalized spacial score (nSPS) is 16.6. The summed E-state index contributed by atoms with van der Waals surface area (Å²) >= 11 is 6.44. The number of aliphatic hydroxyl groups is 1. The number of rotatable bonds is 9. The average Bonchev–Trinajstić information content (AvgIpc) is 2.88. The predicted octanol–water partition coefficient (Wildman–Crippen LogP) is 2.65. The molecule has 2 atom stereocenters. The number of carbonyl (C=O) groups excluding carboxylic acids is 3. The zero-order valence-electron chi connectivity index (χ0n) is 20.3. The highest BCUT2D eigenvalue weighted by Crippen LogP contribution is 2.46. The molecule has 0 spiro atoms. The number of nitrogens with one attached hydrogen (secondary N) is 1. The second-order valence-electron chi connectivity index (χ2n) is 9.05. The van der Waals surface area contributed by atoms with Gasteiger partial charge in [-0.15, -0.1) is 0 Å². The number of likely N-dealkylation sites (tertiary alicyclic amines) is 1. The van der Waals surface area contributed by atoms with Crippen LogP contribution in [0.4, 0.5) is 10.5 Å². The smallest absolute Gasteiger partial charge is 0.411 e. The number of halogens is 1. The highest BCUT2D eigenvalue weighted by atomic mass is 35.5. The fourth-order valence-electron chi connectivity index (χ4n) is 4.68. The minimum Gasteiger partial charge on any atom is -0.449 e. The van der Waals surface area contributed by atoms with Crippen LogP contribution in [0.2, 0.25) is 5.02 Å². The van der Waals surface area contributed by atoms with Gasteiger partial charge in [0.15, 0.2) is 0 Å². The zero-order chi connectivity index (χ0) is 26.3. The second-order valence-corrected chi connectivity index (χ2v) is 9.45. The molecule has 6 N–H and O–H groups in total. The molecule has 9 nitrogen and oxygen atoms in total. The summed E-state index contributed by atoms with van der Waals surface area (Å²) < 4.78 is 5.63. The number of aliphatic hydroxyl groups excluding tert-OH is 1. The van der Waals surface area contributed by atoms with Gasteiger partial charge in [0.25, 0.3) is 5.91 Å². The SMILES string of the molecule is CCc1ccc(NC(=O)OCC2(C(C(N)=O)c3ccccc3Cl)CCN(C(=O)C(O)CN)CC2)cc1. The number of piperidine rings is 1. The molecule has 0 radical (unpaired) electrons. The Labute approximate surface area is 215 Å². The molecule has 0 saturated carbocycles. The number of ether oxygens (including phenoxy) is 1. The fourth-order valence-corrected chi connectivity index (χ4v) is 4.93. The molecule has 1 fully saturated rings. The molecule has 0 aromatic heterocycles. The zero-order valence-corrected chi connectivity index (χ0v) is 21.0. The first-order valence-corrected chi connectivity index (χ1v) is 12.3. The van der Waals surface area contributed by atoms with Gasteiger partial charge in [-0.3, -0.25) is 14.9 Å². The van der Waals surface area contributed by atoms with E-state index in [0.29, 0.717) is 29.1 Å². The van der Waals surface area contributed by atoms with E-state index < -0.39 is 35.3 Å². The Morgan fingerprint density at radius 3 is 2.33 bits per heavy atom. The maximum atomic E-state index is 12.8. The third-order valence-electron chi connectivity index (χ3n) is 6.79. The van der Waals surface area contributed by atoms with Gasteiger partial charge in [0.1, 0.15) is 12.7 Å². The Kier molecular flexibility index (Phi) is 9.31. The molecule has 3 rings (SSSR count). The molecule has 10 heteroatoms. The number of nitrogens with two attached hydrogens (primary N) is 2. The van der Waals surface area contributed by atoms with Gasteiger partial charge in [0.05, 0.1) is 5.92 Å². The Morgan fingerprint density at radius 2 is 1.78 bits per heavy atom. The van der Waals surface area contributed by atoms with Crippen LogP contribution in [-0.4, -0.2) is 60.3 Å². The molecule has 1 aliphatic heterocycles. The Bertz CT molecular complexity index is 1070. The lowest BCUT2D eigenvalue weighted by Crippen LogP contribution is -2.53. The van der Waals surface area contributed by atoms with E-state index in [1.165, 1.54) is 4.90 Å². The van der Waals surface area contributed by atoms with Gasteiger partial charge in [-0.2, -0.15) is 0 Å².